The van der Waals surface area contributed by atoms with E-state index in [0.717, 1.165) is 55.4 Å². The quantitative estimate of drug-likeness (QED) is 0.793. The zero-order valence-corrected chi connectivity index (χ0v) is 14.1. The van der Waals surface area contributed by atoms with Crippen molar-refractivity contribution in [2.24, 2.45) is 11.7 Å². The Morgan fingerprint density at radius 3 is 2.72 bits per heavy atom. The molecule has 1 aliphatic heterocycles. The van der Waals surface area contributed by atoms with Gasteiger partial charge in [-0.25, -0.2) is 14.6 Å². The maximum atomic E-state index is 5.79. The molecule has 0 amide bonds. The third kappa shape index (κ3) is 3.39. The van der Waals surface area contributed by atoms with Crippen molar-refractivity contribution in [2.45, 2.75) is 12.8 Å². The molecule has 6 nitrogen and oxygen atoms in total. The number of nitrogens with two attached hydrogens (primary N) is 1. The van der Waals surface area contributed by atoms with E-state index < -0.39 is 0 Å². The van der Waals surface area contributed by atoms with Crippen LogP contribution in [0.15, 0.2) is 55.0 Å². The van der Waals surface area contributed by atoms with Crippen molar-refractivity contribution in [3.05, 3.63) is 55.0 Å². The van der Waals surface area contributed by atoms with Gasteiger partial charge in [-0.1, -0.05) is 12.1 Å². The van der Waals surface area contributed by atoms with E-state index in [1.54, 1.807) is 6.20 Å². The predicted octanol–water partition coefficient (Wildman–Crippen LogP) is 2.50. The second-order valence-corrected chi connectivity index (χ2v) is 6.41. The van der Waals surface area contributed by atoms with Crippen molar-refractivity contribution < 1.29 is 0 Å². The molecule has 128 valence electrons. The van der Waals surface area contributed by atoms with E-state index in [-0.39, 0.29) is 0 Å². The van der Waals surface area contributed by atoms with Crippen molar-refractivity contribution in [3.8, 4) is 17.1 Å². The highest BCUT2D eigenvalue weighted by molar-refractivity contribution is 5.60. The van der Waals surface area contributed by atoms with Crippen LogP contribution in [-0.2, 0) is 0 Å². The molecule has 3 heterocycles. The Kier molecular flexibility index (Phi) is 4.43. The SMILES string of the molecule is NCC1CCN(c2ccnc(-c3cccc(-n4cccn4)c3)n2)CC1. The summed E-state index contributed by atoms with van der Waals surface area (Å²) in [6, 6.07) is 12.0. The Hall–Kier alpha value is -2.73. The van der Waals surface area contributed by atoms with Gasteiger partial charge in [0, 0.05) is 37.2 Å². The summed E-state index contributed by atoms with van der Waals surface area (Å²) in [5.41, 5.74) is 7.78. The molecule has 2 aromatic heterocycles. The molecular weight excluding hydrogens is 312 g/mol. The van der Waals surface area contributed by atoms with Gasteiger partial charge >= 0.3 is 0 Å². The highest BCUT2D eigenvalue weighted by Crippen LogP contribution is 2.24. The van der Waals surface area contributed by atoms with Crippen LogP contribution >= 0.6 is 0 Å². The summed E-state index contributed by atoms with van der Waals surface area (Å²) < 4.78 is 1.84. The molecule has 6 heteroatoms. The molecule has 0 spiro atoms. The first-order chi connectivity index (χ1) is 12.3. The first-order valence-electron chi connectivity index (χ1n) is 8.72. The van der Waals surface area contributed by atoms with Crippen LogP contribution < -0.4 is 10.6 Å². The summed E-state index contributed by atoms with van der Waals surface area (Å²) in [5.74, 6) is 2.38. The van der Waals surface area contributed by atoms with Crippen LogP contribution in [0.2, 0.25) is 0 Å². The molecule has 1 fully saturated rings. The molecule has 3 aromatic rings. The smallest absolute Gasteiger partial charge is 0.161 e. The molecule has 25 heavy (non-hydrogen) atoms. The van der Waals surface area contributed by atoms with E-state index in [1.807, 2.05) is 47.4 Å². The minimum atomic E-state index is 0.642. The Labute approximate surface area is 147 Å². The lowest BCUT2D eigenvalue weighted by Gasteiger charge is -2.32. The number of piperidine rings is 1. The lowest BCUT2D eigenvalue weighted by molar-refractivity contribution is 0.413. The van der Waals surface area contributed by atoms with Crippen molar-refractivity contribution in [3.63, 3.8) is 0 Å². The normalized spacial score (nSPS) is 15.5. The molecule has 1 saturated heterocycles. The van der Waals surface area contributed by atoms with Crippen molar-refractivity contribution in [1.82, 2.24) is 19.7 Å². The summed E-state index contributed by atoms with van der Waals surface area (Å²) in [4.78, 5) is 11.6. The minimum Gasteiger partial charge on any atom is -0.356 e. The number of hydrogen-bond donors (Lipinski definition) is 1. The summed E-state index contributed by atoms with van der Waals surface area (Å²) in [6.45, 7) is 2.79. The first kappa shape index (κ1) is 15.8. The van der Waals surface area contributed by atoms with E-state index in [9.17, 15) is 0 Å². The van der Waals surface area contributed by atoms with Crippen molar-refractivity contribution in [1.29, 1.82) is 0 Å². The average molecular weight is 334 g/mol. The van der Waals surface area contributed by atoms with E-state index in [4.69, 9.17) is 10.7 Å². The van der Waals surface area contributed by atoms with Crippen molar-refractivity contribution in [2.75, 3.05) is 24.5 Å². The number of rotatable bonds is 4. The number of benzene rings is 1. The summed E-state index contributed by atoms with van der Waals surface area (Å²) in [5, 5.41) is 4.28. The third-order valence-electron chi connectivity index (χ3n) is 4.79. The van der Waals surface area contributed by atoms with Gasteiger partial charge in [0.2, 0.25) is 0 Å². The lowest BCUT2D eigenvalue weighted by Crippen LogP contribution is -2.36. The van der Waals surface area contributed by atoms with Gasteiger partial charge in [0.15, 0.2) is 5.82 Å². The van der Waals surface area contributed by atoms with E-state index >= 15 is 0 Å². The fraction of sp³-hybridized carbons (Fsp3) is 0.316. The Morgan fingerprint density at radius 1 is 1.08 bits per heavy atom. The van der Waals surface area contributed by atoms with Crippen LogP contribution in [0.1, 0.15) is 12.8 Å². The second kappa shape index (κ2) is 7.03. The largest absolute Gasteiger partial charge is 0.356 e. The van der Waals surface area contributed by atoms with Gasteiger partial charge in [-0.05, 0) is 49.6 Å². The number of hydrogen-bond acceptors (Lipinski definition) is 5. The molecule has 0 aliphatic carbocycles. The Bertz CT molecular complexity index is 821. The fourth-order valence-corrected chi connectivity index (χ4v) is 3.27. The van der Waals surface area contributed by atoms with E-state index in [2.05, 4.69) is 21.0 Å². The highest BCUT2D eigenvalue weighted by Gasteiger charge is 2.19. The Morgan fingerprint density at radius 2 is 1.96 bits per heavy atom. The lowest BCUT2D eigenvalue weighted by atomic mass is 9.97. The molecule has 1 aromatic carbocycles. The highest BCUT2D eigenvalue weighted by atomic mass is 15.3. The van der Waals surface area contributed by atoms with Crippen LogP contribution in [0.5, 0.6) is 0 Å². The third-order valence-corrected chi connectivity index (χ3v) is 4.79. The van der Waals surface area contributed by atoms with Crippen LogP contribution in [0.3, 0.4) is 0 Å². The summed E-state index contributed by atoms with van der Waals surface area (Å²) in [7, 11) is 0. The van der Waals surface area contributed by atoms with Gasteiger partial charge < -0.3 is 10.6 Å². The van der Waals surface area contributed by atoms with Crippen LogP contribution in [0.25, 0.3) is 17.1 Å². The molecular formula is C19H22N6. The fourth-order valence-electron chi connectivity index (χ4n) is 3.27. The van der Waals surface area contributed by atoms with Crippen molar-refractivity contribution >= 4 is 5.82 Å². The Balaban J connectivity index is 1.59. The summed E-state index contributed by atoms with van der Waals surface area (Å²) in [6.07, 6.45) is 7.80. The predicted molar refractivity (Wildman–Crippen MR) is 98.6 cm³/mol. The van der Waals surface area contributed by atoms with Crippen LogP contribution in [0, 0.1) is 5.92 Å². The molecule has 0 bridgehead atoms. The zero-order chi connectivity index (χ0) is 17.1. The first-order valence-corrected chi connectivity index (χ1v) is 8.72. The maximum Gasteiger partial charge on any atom is 0.161 e. The van der Waals surface area contributed by atoms with Crippen LogP contribution in [0.4, 0.5) is 5.82 Å². The van der Waals surface area contributed by atoms with Gasteiger partial charge in [0.25, 0.3) is 0 Å². The molecule has 1 aliphatic rings. The van der Waals surface area contributed by atoms with Crippen LogP contribution in [-0.4, -0.2) is 39.4 Å². The molecule has 2 N–H and O–H groups in total. The van der Waals surface area contributed by atoms with Gasteiger partial charge in [-0.2, -0.15) is 5.10 Å². The molecule has 0 saturated carbocycles. The standard InChI is InChI=1S/C19H22N6/c20-14-15-6-11-24(12-7-15)18-5-9-21-19(23-18)16-3-1-4-17(13-16)25-10-2-8-22-25/h1-5,8-10,13,15H,6-7,11-12,14,20H2. The van der Waals surface area contributed by atoms with E-state index in [0.29, 0.717) is 5.92 Å². The van der Waals surface area contributed by atoms with Gasteiger partial charge in [0.05, 0.1) is 5.69 Å². The zero-order valence-electron chi connectivity index (χ0n) is 14.1. The summed E-state index contributed by atoms with van der Waals surface area (Å²) >= 11 is 0. The molecule has 0 radical (unpaired) electrons. The van der Waals surface area contributed by atoms with Gasteiger partial charge in [-0.15, -0.1) is 0 Å². The molecule has 0 unspecified atom stereocenters. The average Bonchev–Trinajstić information content (AvgIpc) is 3.23. The van der Waals surface area contributed by atoms with Gasteiger partial charge in [-0.3, -0.25) is 0 Å². The monoisotopic (exact) mass is 334 g/mol. The van der Waals surface area contributed by atoms with Gasteiger partial charge in [0.1, 0.15) is 5.82 Å². The second-order valence-electron chi connectivity index (χ2n) is 6.41. The topological polar surface area (TPSA) is 72.9 Å². The van der Waals surface area contributed by atoms with E-state index in [1.165, 1.54) is 0 Å². The maximum absolute atomic E-state index is 5.79. The minimum absolute atomic E-state index is 0.642. The molecule has 0 atom stereocenters. The molecule has 4 rings (SSSR count). The number of nitrogens with zero attached hydrogens (tertiary/aromatic N) is 5. The number of aromatic nitrogens is 4. The number of anilines is 1.